The topological polar surface area (TPSA) is 109 Å². The number of hydrogen-bond acceptors (Lipinski definition) is 8. The van der Waals surface area contributed by atoms with Gasteiger partial charge in [0.2, 0.25) is 5.82 Å². The van der Waals surface area contributed by atoms with Gasteiger partial charge in [0.1, 0.15) is 0 Å². The highest BCUT2D eigenvalue weighted by Crippen LogP contribution is 2.33. The Hall–Kier alpha value is -3.33. The molecule has 5 rings (SSSR count). The zero-order chi connectivity index (χ0) is 24.2. The number of likely N-dealkylation sites (tertiary alicyclic amines) is 1. The normalized spacial score (nSPS) is 17.5. The zero-order valence-electron chi connectivity index (χ0n) is 19.8. The molecule has 2 N–H and O–H groups in total. The van der Waals surface area contributed by atoms with Crippen molar-refractivity contribution in [3.05, 3.63) is 65.7 Å². The molecule has 0 radical (unpaired) electrons. The summed E-state index contributed by atoms with van der Waals surface area (Å²) < 4.78 is 11.3. The minimum atomic E-state index is -0.627. The highest BCUT2D eigenvalue weighted by molar-refractivity contribution is 5.69. The lowest BCUT2D eigenvalue weighted by atomic mass is 10.0. The Kier molecular flexibility index (Phi) is 7.03. The van der Waals surface area contributed by atoms with Crippen molar-refractivity contribution in [1.82, 2.24) is 20.2 Å². The van der Waals surface area contributed by atoms with E-state index in [0.717, 1.165) is 60.2 Å². The van der Waals surface area contributed by atoms with Crippen LogP contribution in [0.1, 0.15) is 43.4 Å². The van der Waals surface area contributed by atoms with Gasteiger partial charge in [-0.2, -0.15) is 4.98 Å². The van der Waals surface area contributed by atoms with Crippen LogP contribution in [0.3, 0.4) is 0 Å². The molecule has 0 amide bonds. The number of piperidine rings is 1. The van der Waals surface area contributed by atoms with Crippen LogP contribution >= 0.6 is 0 Å². The first-order chi connectivity index (χ1) is 17.1. The summed E-state index contributed by atoms with van der Waals surface area (Å²) in [6.45, 7) is 4.10. The van der Waals surface area contributed by atoms with Crippen LogP contribution in [0.2, 0.25) is 0 Å². The summed E-state index contributed by atoms with van der Waals surface area (Å²) in [4.78, 5) is 6.68. The molecule has 1 aliphatic rings. The number of β-amino-alcohol motifs (C(OH)–C–C–N with tert-alkyl or cyclic N) is 2. The van der Waals surface area contributed by atoms with Crippen LogP contribution in [0.5, 0.6) is 0 Å². The number of benzene rings is 2. The molecule has 0 saturated carbocycles. The standard InChI is InChI=1S/C27H30N4O4/c1-2-7-22-24(29-34-25(22)19-8-4-3-5-9-19)27-28-26(30-35-27)20-13-11-18(12-14-20)23(33)17-31-15-6-10-21(32)16-31/h3-5,8-9,11-14,21,23,32-33H,2,6-7,10,15-17H2,1H3. The van der Waals surface area contributed by atoms with Gasteiger partial charge in [0.25, 0.3) is 5.89 Å². The Labute approximate surface area is 204 Å². The first kappa shape index (κ1) is 23.4. The number of aliphatic hydroxyl groups excluding tert-OH is 2. The molecule has 3 heterocycles. The van der Waals surface area contributed by atoms with E-state index < -0.39 is 6.10 Å². The molecule has 1 saturated heterocycles. The quantitative estimate of drug-likeness (QED) is 0.384. The van der Waals surface area contributed by atoms with Gasteiger partial charge in [-0.3, -0.25) is 4.90 Å². The van der Waals surface area contributed by atoms with Gasteiger partial charge in [0.15, 0.2) is 11.5 Å². The summed E-state index contributed by atoms with van der Waals surface area (Å²) in [5.41, 5.74) is 4.08. The minimum absolute atomic E-state index is 0.308. The fourth-order valence-corrected chi connectivity index (χ4v) is 4.61. The smallest absolute Gasteiger partial charge is 0.280 e. The van der Waals surface area contributed by atoms with Gasteiger partial charge in [0.05, 0.1) is 12.2 Å². The van der Waals surface area contributed by atoms with Crippen molar-refractivity contribution < 1.29 is 19.3 Å². The number of rotatable bonds is 8. The van der Waals surface area contributed by atoms with Gasteiger partial charge in [-0.15, -0.1) is 0 Å². The lowest BCUT2D eigenvalue weighted by Crippen LogP contribution is -2.40. The predicted molar refractivity (Wildman–Crippen MR) is 131 cm³/mol. The first-order valence-corrected chi connectivity index (χ1v) is 12.2. The monoisotopic (exact) mass is 474 g/mol. The van der Waals surface area contributed by atoms with Crippen molar-refractivity contribution in [2.24, 2.45) is 0 Å². The number of nitrogens with zero attached hydrogens (tertiary/aromatic N) is 4. The van der Waals surface area contributed by atoms with Gasteiger partial charge in [-0.05, 0) is 31.4 Å². The van der Waals surface area contributed by atoms with Gasteiger partial charge in [0, 0.05) is 29.8 Å². The average Bonchev–Trinajstić information content (AvgIpc) is 3.52. The van der Waals surface area contributed by atoms with Crippen LogP contribution in [-0.4, -0.2) is 56.1 Å². The summed E-state index contributed by atoms with van der Waals surface area (Å²) in [5, 5.41) is 28.9. The van der Waals surface area contributed by atoms with Gasteiger partial charge >= 0.3 is 0 Å². The maximum Gasteiger partial charge on any atom is 0.280 e. The van der Waals surface area contributed by atoms with Crippen molar-refractivity contribution in [3.8, 4) is 34.3 Å². The molecule has 2 aromatic heterocycles. The molecular formula is C27H30N4O4. The maximum atomic E-state index is 10.7. The van der Waals surface area contributed by atoms with Crippen molar-refractivity contribution in [2.75, 3.05) is 19.6 Å². The van der Waals surface area contributed by atoms with Crippen LogP contribution in [0, 0.1) is 0 Å². The Bertz CT molecular complexity index is 1240. The summed E-state index contributed by atoms with van der Waals surface area (Å²) in [5.74, 6) is 1.50. The van der Waals surface area contributed by atoms with Gasteiger partial charge in [-0.25, -0.2) is 0 Å². The molecular weight excluding hydrogens is 444 g/mol. The lowest BCUT2D eigenvalue weighted by molar-refractivity contribution is 0.0392. The van der Waals surface area contributed by atoms with Crippen LogP contribution in [0.4, 0.5) is 0 Å². The third kappa shape index (κ3) is 5.19. The van der Waals surface area contributed by atoms with Crippen molar-refractivity contribution in [2.45, 2.75) is 44.8 Å². The van der Waals surface area contributed by atoms with E-state index in [2.05, 4.69) is 27.1 Å². The second kappa shape index (κ2) is 10.5. The van der Waals surface area contributed by atoms with E-state index in [9.17, 15) is 10.2 Å². The van der Waals surface area contributed by atoms with Crippen LogP contribution in [0.15, 0.2) is 63.6 Å². The first-order valence-electron chi connectivity index (χ1n) is 12.2. The summed E-state index contributed by atoms with van der Waals surface area (Å²) >= 11 is 0. The molecule has 182 valence electrons. The highest BCUT2D eigenvalue weighted by atomic mass is 16.5. The Morgan fingerprint density at radius 1 is 1.03 bits per heavy atom. The molecule has 8 nitrogen and oxygen atoms in total. The van der Waals surface area contributed by atoms with Crippen molar-refractivity contribution in [1.29, 1.82) is 0 Å². The van der Waals surface area contributed by atoms with Crippen LogP contribution in [-0.2, 0) is 6.42 Å². The molecule has 2 aromatic carbocycles. The van der Waals surface area contributed by atoms with Crippen LogP contribution in [0.25, 0.3) is 34.3 Å². The Balaban J connectivity index is 1.33. The average molecular weight is 475 g/mol. The number of hydrogen-bond donors (Lipinski definition) is 2. The minimum Gasteiger partial charge on any atom is -0.392 e. The molecule has 1 fully saturated rings. The van der Waals surface area contributed by atoms with E-state index in [0.29, 0.717) is 30.5 Å². The molecule has 35 heavy (non-hydrogen) atoms. The SMILES string of the molecule is CCCc1c(-c2nc(-c3ccc(C(O)CN4CCCC(O)C4)cc3)no2)noc1-c1ccccc1. The van der Waals surface area contributed by atoms with Crippen molar-refractivity contribution >= 4 is 0 Å². The molecule has 0 bridgehead atoms. The van der Waals surface area contributed by atoms with E-state index >= 15 is 0 Å². The van der Waals surface area contributed by atoms with Crippen LogP contribution < -0.4 is 0 Å². The largest absolute Gasteiger partial charge is 0.392 e. The molecule has 2 unspecified atom stereocenters. The molecule has 2 atom stereocenters. The summed E-state index contributed by atoms with van der Waals surface area (Å²) in [7, 11) is 0. The Morgan fingerprint density at radius 3 is 2.57 bits per heavy atom. The van der Waals surface area contributed by atoms with Crippen molar-refractivity contribution in [3.63, 3.8) is 0 Å². The molecule has 4 aromatic rings. The van der Waals surface area contributed by atoms with E-state index in [4.69, 9.17) is 9.05 Å². The molecule has 0 aliphatic carbocycles. The molecule has 8 heteroatoms. The Morgan fingerprint density at radius 2 is 1.83 bits per heavy atom. The predicted octanol–water partition coefficient (Wildman–Crippen LogP) is 4.50. The van der Waals surface area contributed by atoms with E-state index in [1.54, 1.807) is 0 Å². The zero-order valence-corrected chi connectivity index (χ0v) is 19.8. The van der Waals surface area contributed by atoms with E-state index in [-0.39, 0.29) is 6.10 Å². The molecule has 0 spiro atoms. The van der Waals surface area contributed by atoms with E-state index in [1.807, 2.05) is 54.6 Å². The highest BCUT2D eigenvalue weighted by Gasteiger charge is 2.24. The second-order valence-electron chi connectivity index (χ2n) is 9.07. The van der Waals surface area contributed by atoms with Gasteiger partial charge in [-0.1, -0.05) is 78.3 Å². The summed E-state index contributed by atoms with van der Waals surface area (Å²) in [6, 6.07) is 17.4. The van der Waals surface area contributed by atoms with E-state index in [1.165, 1.54) is 0 Å². The fraction of sp³-hybridized carbons (Fsp3) is 0.370. The lowest BCUT2D eigenvalue weighted by Gasteiger charge is -2.31. The fourth-order valence-electron chi connectivity index (χ4n) is 4.61. The number of aliphatic hydroxyl groups is 2. The second-order valence-corrected chi connectivity index (χ2v) is 9.07. The molecule has 1 aliphatic heterocycles. The third-order valence-corrected chi connectivity index (χ3v) is 6.42. The number of aromatic nitrogens is 3. The van der Waals surface area contributed by atoms with Gasteiger partial charge < -0.3 is 19.3 Å². The summed E-state index contributed by atoms with van der Waals surface area (Å²) in [6.07, 6.45) is 2.55. The third-order valence-electron chi connectivity index (χ3n) is 6.42. The maximum absolute atomic E-state index is 10.7.